The van der Waals surface area contributed by atoms with E-state index in [1.807, 2.05) is 35.8 Å². The summed E-state index contributed by atoms with van der Waals surface area (Å²) in [5.74, 6) is -0.0237. The monoisotopic (exact) mass is 377 g/mol. The molecule has 136 valence electrons. The number of ether oxygens (including phenoxy) is 1. The predicted molar refractivity (Wildman–Crippen MR) is 107 cm³/mol. The third kappa shape index (κ3) is 4.04. The lowest BCUT2D eigenvalue weighted by molar-refractivity contribution is -0.136. The van der Waals surface area contributed by atoms with Gasteiger partial charge in [0.1, 0.15) is 11.9 Å². The molecule has 0 saturated heterocycles. The van der Waals surface area contributed by atoms with E-state index >= 15 is 0 Å². The molecule has 1 atom stereocenters. The zero-order valence-corrected chi connectivity index (χ0v) is 15.4. The first kappa shape index (κ1) is 17.4. The highest BCUT2D eigenvalue weighted by Gasteiger charge is 2.17. The molecular weight excluding hydrogens is 358 g/mol. The molecule has 0 amide bonds. The maximum absolute atomic E-state index is 10.7. The van der Waals surface area contributed by atoms with E-state index in [0.717, 1.165) is 28.0 Å². The number of fused-ring (bicyclic) bond motifs is 1. The molecule has 0 fully saturated rings. The van der Waals surface area contributed by atoms with Crippen molar-refractivity contribution in [2.24, 2.45) is 0 Å². The molecule has 0 spiro atoms. The summed E-state index contributed by atoms with van der Waals surface area (Å²) in [4.78, 5) is 14.0. The highest BCUT2D eigenvalue weighted by Crippen LogP contribution is 2.31. The first-order chi connectivity index (χ1) is 13.2. The van der Waals surface area contributed by atoms with Crippen molar-refractivity contribution in [1.82, 2.24) is 4.98 Å². The summed E-state index contributed by atoms with van der Waals surface area (Å²) in [5.41, 5.74) is 4.27. The van der Waals surface area contributed by atoms with E-state index in [-0.39, 0.29) is 12.5 Å². The van der Waals surface area contributed by atoms with E-state index in [4.69, 9.17) is 9.84 Å². The lowest BCUT2D eigenvalue weighted by Crippen LogP contribution is -2.08. The van der Waals surface area contributed by atoms with Crippen molar-refractivity contribution < 1.29 is 14.6 Å². The molecule has 0 bridgehead atoms. The van der Waals surface area contributed by atoms with E-state index in [2.05, 4.69) is 40.7 Å². The van der Waals surface area contributed by atoms with Crippen LogP contribution in [0.3, 0.4) is 0 Å². The van der Waals surface area contributed by atoms with Crippen molar-refractivity contribution in [2.75, 3.05) is 0 Å². The quantitative estimate of drug-likeness (QED) is 0.452. The van der Waals surface area contributed by atoms with Gasteiger partial charge in [-0.3, -0.25) is 4.79 Å². The molecule has 2 aromatic heterocycles. The van der Waals surface area contributed by atoms with Crippen molar-refractivity contribution in [3.63, 3.8) is 0 Å². The number of aromatic amines is 1. The third-order valence-corrected chi connectivity index (χ3v) is 5.23. The molecule has 4 nitrogen and oxygen atoms in total. The van der Waals surface area contributed by atoms with E-state index in [0.29, 0.717) is 6.42 Å². The Balaban J connectivity index is 1.59. The van der Waals surface area contributed by atoms with Crippen molar-refractivity contribution in [3.8, 4) is 5.75 Å². The van der Waals surface area contributed by atoms with Crippen LogP contribution in [0.2, 0.25) is 0 Å². The molecule has 5 heteroatoms. The van der Waals surface area contributed by atoms with E-state index in [1.54, 1.807) is 11.3 Å². The van der Waals surface area contributed by atoms with Crippen molar-refractivity contribution in [2.45, 2.75) is 18.9 Å². The van der Waals surface area contributed by atoms with Crippen LogP contribution >= 0.6 is 11.3 Å². The minimum atomic E-state index is -0.785. The summed E-state index contributed by atoms with van der Waals surface area (Å²) in [6.45, 7) is 0. The number of aryl methyl sites for hydroxylation is 1. The van der Waals surface area contributed by atoms with E-state index in [1.165, 1.54) is 5.39 Å². The first-order valence-corrected chi connectivity index (χ1v) is 9.70. The zero-order chi connectivity index (χ0) is 18.6. The molecule has 2 heterocycles. The van der Waals surface area contributed by atoms with Crippen LogP contribution in [-0.2, 0) is 11.2 Å². The topological polar surface area (TPSA) is 62.3 Å². The number of H-pyrrole nitrogens is 1. The Morgan fingerprint density at radius 1 is 1.07 bits per heavy atom. The van der Waals surface area contributed by atoms with Gasteiger partial charge >= 0.3 is 5.97 Å². The van der Waals surface area contributed by atoms with Crippen LogP contribution < -0.4 is 4.74 Å². The summed E-state index contributed by atoms with van der Waals surface area (Å²) in [5, 5.41) is 14.1. The van der Waals surface area contributed by atoms with Gasteiger partial charge in [0.15, 0.2) is 0 Å². The van der Waals surface area contributed by atoms with E-state index in [9.17, 15) is 4.79 Å². The van der Waals surface area contributed by atoms with Crippen molar-refractivity contribution in [3.05, 3.63) is 88.2 Å². The van der Waals surface area contributed by atoms with Crippen LogP contribution in [0, 0.1) is 0 Å². The van der Waals surface area contributed by atoms with Crippen molar-refractivity contribution >= 4 is 28.2 Å². The van der Waals surface area contributed by atoms with Gasteiger partial charge in [0.05, 0.1) is 0 Å². The van der Waals surface area contributed by atoms with Gasteiger partial charge in [-0.1, -0.05) is 24.3 Å². The average molecular weight is 377 g/mol. The SMILES string of the molecule is O=C(O)CCc1ccc(OC(c2ccsc2)c2ccc3cc[nH]c3c2)cc1. The molecule has 2 N–H and O–H groups in total. The molecule has 0 aliphatic heterocycles. The summed E-state index contributed by atoms with van der Waals surface area (Å²) in [7, 11) is 0. The van der Waals surface area contributed by atoms with Crippen LogP contribution in [0.1, 0.15) is 29.2 Å². The maximum atomic E-state index is 10.7. The molecule has 0 radical (unpaired) electrons. The van der Waals surface area contributed by atoms with Crippen LogP contribution in [0.25, 0.3) is 10.9 Å². The molecule has 2 aromatic carbocycles. The molecule has 4 rings (SSSR count). The minimum Gasteiger partial charge on any atom is -0.481 e. The van der Waals surface area contributed by atoms with Crippen LogP contribution in [-0.4, -0.2) is 16.1 Å². The normalized spacial score (nSPS) is 12.1. The molecule has 4 aromatic rings. The molecular formula is C22H19NO3S. The second-order valence-electron chi connectivity index (χ2n) is 6.42. The highest BCUT2D eigenvalue weighted by molar-refractivity contribution is 7.08. The lowest BCUT2D eigenvalue weighted by Gasteiger charge is -2.19. The fourth-order valence-electron chi connectivity index (χ4n) is 3.10. The molecule has 1 unspecified atom stereocenters. The first-order valence-electron chi connectivity index (χ1n) is 8.75. The number of aromatic nitrogens is 1. The number of benzene rings is 2. The summed E-state index contributed by atoms with van der Waals surface area (Å²) >= 11 is 1.65. The largest absolute Gasteiger partial charge is 0.481 e. The smallest absolute Gasteiger partial charge is 0.303 e. The summed E-state index contributed by atoms with van der Waals surface area (Å²) in [6.07, 6.45) is 2.39. The van der Waals surface area contributed by atoms with Gasteiger partial charge < -0.3 is 14.8 Å². The Morgan fingerprint density at radius 3 is 2.67 bits per heavy atom. The molecule has 0 aliphatic carbocycles. The summed E-state index contributed by atoms with van der Waals surface area (Å²) in [6, 6.07) is 18.1. The van der Waals surface area contributed by atoms with Crippen LogP contribution in [0.4, 0.5) is 0 Å². The maximum Gasteiger partial charge on any atom is 0.303 e. The van der Waals surface area contributed by atoms with Gasteiger partial charge in [0, 0.05) is 23.7 Å². The Morgan fingerprint density at radius 2 is 1.93 bits per heavy atom. The molecule has 27 heavy (non-hydrogen) atoms. The number of rotatable bonds is 7. The fourth-order valence-corrected chi connectivity index (χ4v) is 3.78. The number of hydrogen-bond acceptors (Lipinski definition) is 3. The zero-order valence-electron chi connectivity index (χ0n) is 14.6. The molecule has 0 saturated carbocycles. The van der Waals surface area contributed by atoms with E-state index < -0.39 is 5.97 Å². The van der Waals surface area contributed by atoms with Gasteiger partial charge in [-0.2, -0.15) is 11.3 Å². The van der Waals surface area contributed by atoms with Gasteiger partial charge in [0.2, 0.25) is 0 Å². The average Bonchev–Trinajstić information content (AvgIpc) is 3.36. The van der Waals surface area contributed by atoms with Crippen molar-refractivity contribution in [1.29, 1.82) is 0 Å². The summed E-state index contributed by atoms with van der Waals surface area (Å²) < 4.78 is 6.33. The second-order valence-corrected chi connectivity index (χ2v) is 7.20. The van der Waals surface area contributed by atoms with Crippen LogP contribution in [0.15, 0.2) is 71.6 Å². The predicted octanol–water partition coefficient (Wildman–Crippen LogP) is 5.42. The fraction of sp³-hybridized carbons (Fsp3) is 0.136. The third-order valence-electron chi connectivity index (χ3n) is 4.53. The van der Waals surface area contributed by atoms with Crippen LogP contribution in [0.5, 0.6) is 5.75 Å². The lowest BCUT2D eigenvalue weighted by atomic mass is 10.0. The Hall–Kier alpha value is -3.05. The number of carboxylic acid groups (broad SMARTS) is 1. The highest BCUT2D eigenvalue weighted by atomic mass is 32.1. The number of thiophene rings is 1. The Bertz CT molecular complexity index is 1040. The van der Waals surface area contributed by atoms with Gasteiger partial charge in [-0.05, 0) is 64.0 Å². The Labute approximate surface area is 161 Å². The minimum absolute atomic E-state index is 0.133. The number of aliphatic carboxylic acids is 1. The standard InChI is InChI=1S/C22H19NO3S/c24-21(25)8-3-15-1-6-19(7-2-15)26-22(18-10-12-27-14-18)17-5-4-16-9-11-23-20(16)13-17/h1-2,4-7,9-14,22-23H,3,8H2,(H,24,25). The number of carboxylic acids is 1. The number of hydrogen-bond donors (Lipinski definition) is 2. The van der Waals surface area contributed by atoms with Gasteiger partial charge in [-0.25, -0.2) is 0 Å². The number of nitrogens with one attached hydrogen (secondary N) is 1. The van der Waals surface area contributed by atoms with Gasteiger partial charge in [-0.15, -0.1) is 0 Å². The Kier molecular flexibility index (Phi) is 4.94. The van der Waals surface area contributed by atoms with Gasteiger partial charge in [0.25, 0.3) is 0 Å². The second kappa shape index (κ2) is 7.68. The number of carbonyl (C=O) groups is 1. The molecule has 0 aliphatic rings.